The third-order valence-electron chi connectivity index (χ3n) is 4.28. The standard InChI is InChI=1S/C18H24N2O2S/c1-20-13-14(16-4-2-3-5-17(16)20)12-18(21)19-8-11-23-15-6-9-22-10-7-15/h2-5,13,15H,6-12H2,1H3,(H,19,21). The lowest BCUT2D eigenvalue weighted by atomic mass is 10.1. The fourth-order valence-corrected chi connectivity index (χ4v) is 4.14. The highest BCUT2D eigenvalue weighted by Crippen LogP contribution is 2.22. The van der Waals surface area contributed by atoms with Crippen molar-refractivity contribution < 1.29 is 9.53 Å². The highest BCUT2D eigenvalue weighted by atomic mass is 32.2. The van der Waals surface area contributed by atoms with Gasteiger partial charge in [0.15, 0.2) is 0 Å². The molecule has 0 aliphatic carbocycles. The van der Waals surface area contributed by atoms with Gasteiger partial charge in [-0.2, -0.15) is 11.8 Å². The number of carbonyl (C=O) groups excluding carboxylic acids is 1. The maximum atomic E-state index is 12.2. The number of aryl methyl sites for hydroxylation is 1. The molecule has 0 atom stereocenters. The monoisotopic (exact) mass is 332 g/mol. The third kappa shape index (κ3) is 4.30. The van der Waals surface area contributed by atoms with Crippen LogP contribution in [0.2, 0.25) is 0 Å². The Morgan fingerprint density at radius 3 is 2.96 bits per heavy atom. The first kappa shape index (κ1) is 16.4. The van der Waals surface area contributed by atoms with Gasteiger partial charge >= 0.3 is 0 Å². The molecule has 0 saturated carbocycles. The lowest BCUT2D eigenvalue weighted by molar-refractivity contribution is -0.120. The molecule has 5 heteroatoms. The number of carbonyl (C=O) groups is 1. The van der Waals surface area contributed by atoms with E-state index in [4.69, 9.17) is 4.74 Å². The summed E-state index contributed by atoms with van der Waals surface area (Å²) in [5.74, 6) is 1.08. The quantitative estimate of drug-likeness (QED) is 0.827. The van der Waals surface area contributed by atoms with E-state index in [9.17, 15) is 4.79 Å². The summed E-state index contributed by atoms with van der Waals surface area (Å²) in [5.41, 5.74) is 2.27. The van der Waals surface area contributed by atoms with E-state index in [-0.39, 0.29) is 5.91 Å². The van der Waals surface area contributed by atoms with Crippen LogP contribution >= 0.6 is 11.8 Å². The van der Waals surface area contributed by atoms with Crippen LogP contribution in [-0.2, 0) is 23.0 Å². The van der Waals surface area contributed by atoms with Crippen LogP contribution in [0.5, 0.6) is 0 Å². The number of thioether (sulfide) groups is 1. The Labute approximate surface area is 141 Å². The summed E-state index contributed by atoms with van der Waals surface area (Å²) in [6, 6.07) is 8.22. The maximum Gasteiger partial charge on any atom is 0.224 e. The topological polar surface area (TPSA) is 43.3 Å². The normalized spacial score (nSPS) is 15.9. The number of ether oxygens (including phenoxy) is 1. The molecule has 3 rings (SSSR count). The van der Waals surface area contributed by atoms with Crippen LogP contribution in [0.3, 0.4) is 0 Å². The molecule has 4 nitrogen and oxygen atoms in total. The van der Waals surface area contributed by atoms with Gasteiger partial charge in [0.05, 0.1) is 6.42 Å². The van der Waals surface area contributed by atoms with Crippen LogP contribution in [0.15, 0.2) is 30.5 Å². The second kappa shape index (κ2) is 7.88. The fraction of sp³-hybridized carbons (Fsp3) is 0.500. The molecule has 1 aromatic heterocycles. The average molecular weight is 332 g/mol. The van der Waals surface area contributed by atoms with Crippen molar-refractivity contribution in [3.63, 3.8) is 0 Å². The first-order valence-electron chi connectivity index (χ1n) is 8.23. The summed E-state index contributed by atoms with van der Waals surface area (Å²) in [6.07, 6.45) is 4.77. The molecule has 1 aliphatic heterocycles. The average Bonchev–Trinajstić information content (AvgIpc) is 2.89. The van der Waals surface area contributed by atoms with E-state index < -0.39 is 0 Å². The number of hydrogen-bond acceptors (Lipinski definition) is 3. The van der Waals surface area contributed by atoms with E-state index in [1.807, 2.05) is 30.9 Å². The Kier molecular flexibility index (Phi) is 5.62. The SMILES string of the molecule is Cn1cc(CC(=O)NCCSC2CCOCC2)c2ccccc21. The molecule has 2 heterocycles. The minimum atomic E-state index is 0.105. The summed E-state index contributed by atoms with van der Waals surface area (Å²) in [5, 5.41) is 4.91. The van der Waals surface area contributed by atoms with Gasteiger partial charge in [0.25, 0.3) is 0 Å². The Hall–Kier alpha value is -1.46. The van der Waals surface area contributed by atoms with Crippen LogP contribution in [-0.4, -0.2) is 41.2 Å². The summed E-state index contributed by atoms with van der Waals surface area (Å²) < 4.78 is 7.44. The predicted molar refractivity (Wildman–Crippen MR) is 95.9 cm³/mol. The highest BCUT2D eigenvalue weighted by molar-refractivity contribution is 7.99. The number of nitrogens with zero attached hydrogens (tertiary/aromatic N) is 1. The number of benzene rings is 1. The lowest BCUT2D eigenvalue weighted by Gasteiger charge is -2.21. The summed E-state index contributed by atoms with van der Waals surface area (Å²) in [7, 11) is 2.02. The summed E-state index contributed by atoms with van der Waals surface area (Å²) >= 11 is 1.95. The maximum absolute atomic E-state index is 12.2. The number of hydrogen-bond donors (Lipinski definition) is 1. The molecular formula is C18H24N2O2S. The van der Waals surface area contributed by atoms with Crippen LogP contribution in [0.25, 0.3) is 10.9 Å². The second-order valence-electron chi connectivity index (χ2n) is 5.99. The Balaban J connectivity index is 1.45. The van der Waals surface area contributed by atoms with Crippen molar-refractivity contribution in [1.29, 1.82) is 0 Å². The smallest absolute Gasteiger partial charge is 0.224 e. The zero-order valence-electron chi connectivity index (χ0n) is 13.6. The van der Waals surface area contributed by atoms with Crippen molar-refractivity contribution in [2.24, 2.45) is 7.05 Å². The Morgan fingerprint density at radius 2 is 2.13 bits per heavy atom. The number of nitrogens with one attached hydrogen (secondary N) is 1. The molecule has 1 aliphatic rings. The highest BCUT2D eigenvalue weighted by Gasteiger charge is 2.14. The summed E-state index contributed by atoms with van der Waals surface area (Å²) in [4.78, 5) is 12.2. The first-order valence-corrected chi connectivity index (χ1v) is 9.28. The molecule has 23 heavy (non-hydrogen) atoms. The van der Waals surface area contributed by atoms with Crippen molar-refractivity contribution >= 4 is 28.6 Å². The van der Waals surface area contributed by atoms with Gasteiger partial charge in [-0.3, -0.25) is 4.79 Å². The van der Waals surface area contributed by atoms with E-state index in [1.165, 1.54) is 10.9 Å². The molecule has 0 unspecified atom stereocenters. The predicted octanol–water partition coefficient (Wildman–Crippen LogP) is 2.75. The van der Waals surface area contributed by atoms with Crippen molar-refractivity contribution in [3.8, 4) is 0 Å². The Morgan fingerprint density at radius 1 is 1.35 bits per heavy atom. The lowest BCUT2D eigenvalue weighted by Crippen LogP contribution is -2.28. The molecule has 124 valence electrons. The van der Waals surface area contributed by atoms with E-state index in [0.717, 1.165) is 43.9 Å². The van der Waals surface area contributed by atoms with Crippen molar-refractivity contribution in [3.05, 3.63) is 36.0 Å². The molecule has 1 aromatic carbocycles. The van der Waals surface area contributed by atoms with E-state index in [0.29, 0.717) is 11.7 Å². The largest absolute Gasteiger partial charge is 0.381 e. The molecule has 1 saturated heterocycles. The number of fused-ring (bicyclic) bond motifs is 1. The van der Waals surface area contributed by atoms with Crippen LogP contribution in [0.4, 0.5) is 0 Å². The molecule has 1 N–H and O–H groups in total. The van der Waals surface area contributed by atoms with E-state index in [1.54, 1.807) is 0 Å². The van der Waals surface area contributed by atoms with Gasteiger partial charge in [-0.1, -0.05) is 18.2 Å². The van der Waals surface area contributed by atoms with Gasteiger partial charge in [0.2, 0.25) is 5.91 Å². The van der Waals surface area contributed by atoms with E-state index >= 15 is 0 Å². The van der Waals surface area contributed by atoms with Crippen LogP contribution in [0, 0.1) is 0 Å². The Bertz CT molecular complexity index is 662. The third-order valence-corrected chi connectivity index (χ3v) is 5.66. The molecule has 1 amide bonds. The van der Waals surface area contributed by atoms with Gasteiger partial charge in [-0.25, -0.2) is 0 Å². The molecule has 0 radical (unpaired) electrons. The van der Waals surface area contributed by atoms with Gasteiger partial charge in [0, 0.05) is 54.9 Å². The number of aromatic nitrogens is 1. The van der Waals surface area contributed by atoms with Crippen LogP contribution < -0.4 is 5.32 Å². The number of rotatable bonds is 6. The summed E-state index contributed by atoms with van der Waals surface area (Å²) in [6.45, 7) is 2.50. The molecule has 0 spiro atoms. The molecule has 1 fully saturated rings. The van der Waals surface area contributed by atoms with Crippen molar-refractivity contribution in [1.82, 2.24) is 9.88 Å². The first-order chi connectivity index (χ1) is 11.2. The van der Waals surface area contributed by atoms with Crippen LogP contribution in [0.1, 0.15) is 18.4 Å². The number of para-hydroxylation sites is 1. The van der Waals surface area contributed by atoms with Gasteiger partial charge in [-0.05, 0) is 24.5 Å². The van der Waals surface area contributed by atoms with Gasteiger partial charge < -0.3 is 14.6 Å². The second-order valence-corrected chi connectivity index (χ2v) is 7.40. The minimum absolute atomic E-state index is 0.105. The zero-order chi connectivity index (χ0) is 16.1. The number of amides is 1. The molecular weight excluding hydrogens is 308 g/mol. The molecule has 2 aromatic rings. The van der Waals surface area contributed by atoms with E-state index in [2.05, 4.69) is 28.2 Å². The fourth-order valence-electron chi connectivity index (χ4n) is 3.06. The van der Waals surface area contributed by atoms with Crippen molar-refractivity contribution in [2.45, 2.75) is 24.5 Å². The molecule has 0 bridgehead atoms. The van der Waals surface area contributed by atoms with Gasteiger partial charge in [0.1, 0.15) is 0 Å². The minimum Gasteiger partial charge on any atom is -0.381 e. The van der Waals surface area contributed by atoms with Crippen molar-refractivity contribution in [2.75, 3.05) is 25.5 Å². The van der Waals surface area contributed by atoms with Gasteiger partial charge in [-0.15, -0.1) is 0 Å². The zero-order valence-corrected chi connectivity index (χ0v) is 14.4.